The monoisotopic (exact) mass is 298 g/mol. The fourth-order valence-electron chi connectivity index (χ4n) is 2.50. The van der Waals surface area contributed by atoms with Crippen LogP contribution in [0.15, 0.2) is 42.5 Å². The van der Waals surface area contributed by atoms with E-state index in [1.165, 1.54) is 31.4 Å². The van der Waals surface area contributed by atoms with Crippen molar-refractivity contribution in [2.75, 3.05) is 0 Å². The zero-order valence-electron chi connectivity index (χ0n) is 12.4. The highest BCUT2D eigenvalue weighted by Gasteiger charge is 2.10. The van der Waals surface area contributed by atoms with Gasteiger partial charge in [0.1, 0.15) is 0 Å². The first-order valence-corrected chi connectivity index (χ1v) is 7.13. The van der Waals surface area contributed by atoms with Gasteiger partial charge in [-0.2, -0.15) is 0 Å². The van der Waals surface area contributed by atoms with Crippen LogP contribution in [-0.4, -0.2) is 22.2 Å². The Kier molecular flexibility index (Phi) is 4.94. The van der Waals surface area contributed by atoms with E-state index in [4.69, 9.17) is 10.2 Å². The van der Waals surface area contributed by atoms with E-state index in [0.717, 1.165) is 6.07 Å². The number of hydrogen-bond acceptors (Lipinski definition) is 2. The van der Waals surface area contributed by atoms with E-state index in [1.54, 1.807) is 18.1 Å². The summed E-state index contributed by atoms with van der Waals surface area (Å²) in [6.45, 7) is 1.62. The van der Waals surface area contributed by atoms with Gasteiger partial charge >= 0.3 is 11.9 Å². The van der Waals surface area contributed by atoms with Crippen molar-refractivity contribution in [2.24, 2.45) is 0 Å². The van der Waals surface area contributed by atoms with Gasteiger partial charge in [0.15, 0.2) is 0 Å². The summed E-state index contributed by atoms with van der Waals surface area (Å²) < 4.78 is 0. The van der Waals surface area contributed by atoms with E-state index in [0.29, 0.717) is 5.56 Å². The third-order valence-electron chi connectivity index (χ3n) is 3.73. The van der Waals surface area contributed by atoms with Crippen molar-refractivity contribution in [2.45, 2.75) is 26.2 Å². The maximum atomic E-state index is 10.6. The van der Waals surface area contributed by atoms with Gasteiger partial charge in [-0.25, -0.2) is 9.59 Å². The molecule has 0 aromatic heterocycles. The molecule has 4 nitrogen and oxygen atoms in total. The van der Waals surface area contributed by atoms with E-state index in [1.807, 2.05) is 0 Å². The molecule has 1 aliphatic rings. The van der Waals surface area contributed by atoms with E-state index < -0.39 is 11.9 Å². The second-order valence-electron chi connectivity index (χ2n) is 5.26. The van der Waals surface area contributed by atoms with Crippen LogP contribution in [0.4, 0.5) is 0 Å². The summed E-state index contributed by atoms with van der Waals surface area (Å²) in [5.41, 5.74) is 3.70. The zero-order chi connectivity index (χ0) is 16.1. The lowest BCUT2D eigenvalue weighted by Crippen LogP contribution is -2.03. The van der Waals surface area contributed by atoms with Crippen molar-refractivity contribution in [1.29, 1.82) is 0 Å². The van der Waals surface area contributed by atoms with Crippen LogP contribution in [-0.2, 0) is 12.8 Å². The number of hydrogen-bond donors (Lipinski definition) is 2. The molecular weight excluding hydrogens is 280 g/mol. The Morgan fingerprint density at radius 3 is 2.00 bits per heavy atom. The quantitative estimate of drug-likeness (QED) is 0.889. The predicted octanol–water partition coefficient (Wildman–Crippen LogP) is 3.57. The van der Waals surface area contributed by atoms with E-state index in [-0.39, 0.29) is 11.1 Å². The fraction of sp³-hybridized carbons (Fsp3) is 0.222. The molecule has 0 heterocycles. The molecule has 2 N–H and O–H groups in total. The molecular formula is C18H18O4. The minimum atomic E-state index is -1.12. The fourth-order valence-corrected chi connectivity index (χ4v) is 2.50. The Bertz CT molecular complexity index is 681. The van der Waals surface area contributed by atoms with Crippen LogP contribution in [0.25, 0.3) is 0 Å². The molecule has 0 saturated carbocycles. The topological polar surface area (TPSA) is 74.6 Å². The standard InChI is InChI=1S/C9H8O4.C9H10/c1-5-2-3-6(8(10)11)4-7(5)9(12)13;1-2-5-9-7-3-6-8(9)4-1/h2-4H,1H3,(H,10,11)(H,12,13);1-2,4-5H,3,6-7H2. The number of aromatic carboxylic acids is 2. The lowest BCUT2D eigenvalue weighted by Gasteiger charge is -2.01. The van der Waals surface area contributed by atoms with Crippen molar-refractivity contribution in [3.05, 3.63) is 70.3 Å². The van der Waals surface area contributed by atoms with Gasteiger partial charge in [-0.05, 0) is 55.0 Å². The predicted molar refractivity (Wildman–Crippen MR) is 83.6 cm³/mol. The summed E-state index contributed by atoms with van der Waals surface area (Å²) in [5.74, 6) is -2.23. The molecule has 0 aliphatic heterocycles. The molecule has 1 aliphatic carbocycles. The number of carboxylic acids is 2. The number of benzene rings is 2. The van der Waals surface area contributed by atoms with Crippen LogP contribution in [0.5, 0.6) is 0 Å². The third-order valence-corrected chi connectivity index (χ3v) is 3.73. The highest BCUT2D eigenvalue weighted by Crippen LogP contribution is 2.20. The van der Waals surface area contributed by atoms with Gasteiger partial charge < -0.3 is 10.2 Å². The van der Waals surface area contributed by atoms with Gasteiger partial charge in [0.2, 0.25) is 0 Å². The Morgan fingerprint density at radius 1 is 0.909 bits per heavy atom. The summed E-state index contributed by atoms with van der Waals surface area (Å²) in [4.78, 5) is 21.1. The molecule has 22 heavy (non-hydrogen) atoms. The number of aryl methyl sites for hydroxylation is 3. The molecule has 0 bridgehead atoms. The number of rotatable bonds is 2. The van der Waals surface area contributed by atoms with E-state index >= 15 is 0 Å². The Hall–Kier alpha value is -2.62. The van der Waals surface area contributed by atoms with Crippen LogP contribution in [0.2, 0.25) is 0 Å². The SMILES string of the molecule is Cc1ccc(C(=O)O)cc1C(=O)O.c1ccc2c(c1)CCC2. The normalized spacial score (nSPS) is 12.0. The first kappa shape index (κ1) is 15.8. The molecule has 2 aromatic rings. The number of carbonyl (C=O) groups is 2. The molecule has 0 saturated heterocycles. The van der Waals surface area contributed by atoms with Crippen LogP contribution in [0, 0.1) is 6.92 Å². The second kappa shape index (κ2) is 6.89. The minimum absolute atomic E-state index is 0.0111. The molecule has 0 atom stereocenters. The molecule has 0 fully saturated rings. The van der Waals surface area contributed by atoms with Gasteiger partial charge in [0.05, 0.1) is 11.1 Å². The molecule has 0 amide bonds. The first-order valence-electron chi connectivity index (χ1n) is 7.13. The summed E-state index contributed by atoms with van der Waals surface area (Å²) in [5, 5.41) is 17.3. The average molecular weight is 298 g/mol. The van der Waals surface area contributed by atoms with Gasteiger partial charge in [0.25, 0.3) is 0 Å². The number of carboxylic acid groups (broad SMARTS) is 2. The maximum absolute atomic E-state index is 10.6. The Morgan fingerprint density at radius 2 is 1.50 bits per heavy atom. The van der Waals surface area contributed by atoms with Crippen LogP contribution in [0.3, 0.4) is 0 Å². The van der Waals surface area contributed by atoms with Gasteiger partial charge in [-0.3, -0.25) is 0 Å². The third kappa shape index (κ3) is 3.73. The van der Waals surface area contributed by atoms with Crippen LogP contribution >= 0.6 is 0 Å². The lowest BCUT2D eigenvalue weighted by atomic mass is 10.1. The molecule has 0 radical (unpaired) electrons. The van der Waals surface area contributed by atoms with Crippen LogP contribution in [0.1, 0.15) is 43.8 Å². The van der Waals surface area contributed by atoms with Crippen molar-refractivity contribution in [1.82, 2.24) is 0 Å². The minimum Gasteiger partial charge on any atom is -0.478 e. The van der Waals surface area contributed by atoms with Crippen molar-refractivity contribution >= 4 is 11.9 Å². The van der Waals surface area contributed by atoms with Crippen LogP contribution < -0.4 is 0 Å². The summed E-state index contributed by atoms with van der Waals surface area (Å²) >= 11 is 0. The summed E-state index contributed by atoms with van der Waals surface area (Å²) in [7, 11) is 0. The maximum Gasteiger partial charge on any atom is 0.335 e. The largest absolute Gasteiger partial charge is 0.478 e. The smallest absolute Gasteiger partial charge is 0.335 e. The summed E-state index contributed by atoms with van der Waals surface area (Å²) in [6.07, 6.45) is 3.96. The van der Waals surface area contributed by atoms with Gasteiger partial charge in [-0.15, -0.1) is 0 Å². The molecule has 4 heteroatoms. The van der Waals surface area contributed by atoms with Gasteiger partial charge in [-0.1, -0.05) is 30.3 Å². The molecule has 114 valence electrons. The molecule has 2 aromatic carbocycles. The summed E-state index contributed by atoms with van der Waals surface area (Å²) in [6, 6.07) is 12.7. The highest BCUT2D eigenvalue weighted by atomic mass is 16.4. The first-order chi connectivity index (χ1) is 10.5. The lowest BCUT2D eigenvalue weighted by molar-refractivity contribution is 0.0695. The molecule has 0 spiro atoms. The molecule has 3 rings (SSSR count). The number of fused-ring (bicyclic) bond motifs is 1. The Labute approximate surface area is 129 Å². The van der Waals surface area contributed by atoms with Crippen molar-refractivity contribution in [3.8, 4) is 0 Å². The van der Waals surface area contributed by atoms with Crippen molar-refractivity contribution in [3.63, 3.8) is 0 Å². The average Bonchev–Trinajstić information content (AvgIpc) is 2.96. The van der Waals surface area contributed by atoms with Crippen molar-refractivity contribution < 1.29 is 19.8 Å². The van der Waals surface area contributed by atoms with Gasteiger partial charge in [0, 0.05) is 0 Å². The Balaban J connectivity index is 0.000000170. The van der Waals surface area contributed by atoms with E-state index in [2.05, 4.69) is 24.3 Å². The highest BCUT2D eigenvalue weighted by molar-refractivity contribution is 5.94. The molecule has 0 unspecified atom stereocenters. The zero-order valence-corrected chi connectivity index (χ0v) is 12.4. The van der Waals surface area contributed by atoms with E-state index in [9.17, 15) is 9.59 Å². The second-order valence-corrected chi connectivity index (χ2v) is 5.26.